The number of morpholine rings is 1. The number of carbonyl (C=O) groups excluding carboxylic acids is 2. The average Bonchev–Trinajstić information content (AvgIpc) is 2.74. The number of rotatable bonds is 5. The first kappa shape index (κ1) is 20.5. The van der Waals surface area contributed by atoms with Crippen LogP contribution in [0.5, 0.6) is 0 Å². The lowest BCUT2D eigenvalue weighted by Gasteiger charge is -2.35. The monoisotopic (exact) mass is 389 g/mol. The van der Waals surface area contributed by atoms with Gasteiger partial charge in [-0.3, -0.25) is 14.5 Å². The predicted octanol–water partition coefficient (Wildman–Crippen LogP) is 1.62. The highest BCUT2D eigenvalue weighted by atomic mass is 19.1. The summed E-state index contributed by atoms with van der Waals surface area (Å²) in [5.74, 6) is -0.314. The van der Waals surface area contributed by atoms with E-state index in [0.717, 1.165) is 32.8 Å². The highest BCUT2D eigenvalue weighted by Crippen LogP contribution is 2.14. The molecule has 0 atom stereocenters. The fourth-order valence-corrected chi connectivity index (χ4v) is 3.53. The molecule has 2 aliphatic rings. The fraction of sp³-hybridized carbons (Fsp3) is 0.524. The van der Waals surface area contributed by atoms with Crippen LogP contribution in [0, 0.1) is 5.82 Å². The van der Waals surface area contributed by atoms with Crippen LogP contribution >= 0.6 is 0 Å². The number of amides is 2. The van der Waals surface area contributed by atoms with E-state index in [0.29, 0.717) is 43.7 Å². The van der Waals surface area contributed by atoms with Crippen LogP contribution in [0.25, 0.3) is 6.08 Å². The number of halogens is 1. The first-order valence-corrected chi connectivity index (χ1v) is 9.84. The Balaban J connectivity index is 1.47. The van der Waals surface area contributed by atoms with Gasteiger partial charge in [0, 0.05) is 63.4 Å². The second-order valence-corrected chi connectivity index (χ2v) is 7.23. The van der Waals surface area contributed by atoms with Crippen molar-refractivity contribution in [3.05, 3.63) is 41.2 Å². The van der Waals surface area contributed by atoms with E-state index in [4.69, 9.17) is 4.74 Å². The van der Waals surface area contributed by atoms with Gasteiger partial charge in [-0.2, -0.15) is 0 Å². The minimum Gasteiger partial charge on any atom is -0.379 e. The predicted molar refractivity (Wildman–Crippen MR) is 105 cm³/mol. The lowest BCUT2D eigenvalue weighted by atomic mass is 10.1. The van der Waals surface area contributed by atoms with Gasteiger partial charge in [-0.15, -0.1) is 0 Å². The van der Waals surface area contributed by atoms with Crippen molar-refractivity contribution in [1.82, 2.24) is 14.7 Å². The molecule has 1 aromatic rings. The van der Waals surface area contributed by atoms with E-state index in [1.165, 1.54) is 6.07 Å². The number of benzene rings is 1. The van der Waals surface area contributed by atoms with Crippen molar-refractivity contribution in [2.45, 2.75) is 13.3 Å². The fourth-order valence-electron chi connectivity index (χ4n) is 3.53. The van der Waals surface area contributed by atoms with Gasteiger partial charge >= 0.3 is 0 Å². The van der Waals surface area contributed by atoms with Crippen molar-refractivity contribution in [2.75, 3.05) is 59.0 Å². The third kappa shape index (κ3) is 5.39. The van der Waals surface area contributed by atoms with Crippen LogP contribution in [0.15, 0.2) is 29.8 Å². The van der Waals surface area contributed by atoms with E-state index in [1.807, 2.05) is 4.90 Å². The van der Waals surface area contributed by atoms with Gasteiger partial charge in [-0.05, 0) is 19.1 Å². The molecule has 2 aliphatic heterocycles. The van der Waals surface area contributed by atoms with E-state index in [2.05, 4.69) is 4.90 Å². The standard InChI is InChI=1S/C21H28FN3O3/c1-17(16-18-4-2-3-5-19(18)22)21(27)25-10-8-24(9-11-25)20(26)6-7-23-12-14-28-15-13-23/h2-5,16H,6-15H2,1H3/b17-16+. The normalized spacial score (nSPS) is 19.0. The highest BCUT2D eigenvalue weighted by molar-refractivity contribution is 5.97. The minimum atomic E-state index is -0.342. The Labute approximate surface area is 165 Å². The van der Waals surface area contributed by atoms with Crippen LogP contribution in [0.2, 0.25) is 0 Å². The number of ether oxygens (including phenoxy) is 1. The third-order valence-corrected chi connectivity index (χ3v) is 5.28. The second-order valence-electron chi connectivity index (χ2n) is 7.23. The molecule has 152 valence electrons. The summed E-state index contributed by atoms with van der Waals surface area (Å²) in [6.45, 7) is 7.77. The van der Waals surface area contributed by atoms with Gasteiger partial charge in [0.15, 0.2) is 0 Å². The van der Waals surface area contributed by atoms with Crippen molar-refractivity contribution in [3.8, 4) is 0 Å². The number of carbonyl (C=O) groups is 2. The largest absolute Gasteiger partial charge is 0.379 e. The van der Waals surface area contributed by atoms with Gasteiger partial charge in [0.05, 0.1) is 13.2 Å². The Bertz CT molecular complexity index is 723. The molecular weight excluding hydrogens is 361 g/mol. The van der Waals surface area contributed by atoms with Crippen molar-refractivity contribution in [2.24, 2.45) is 0 Å². The van der Waals surface area contributed by atoms with E-state index >= 15 is 0 Å². The van der Waals surface area contributed by atoms with Gasteiger partial charge in [-0.25, -0.2) is 4.39 Å². The van der Waals surface area contributed by atoms with Crippen molar-refractivity contribution < 1.29 is 18.7 Å². The molecule has 6 nitrogen and oxygen atoms in total. The zero-order valence-electron chi connectivity index (χ0n) is 16.4. The van der Waals surface area contributed by atoms with Crippen LogP contribution in [-0.4, -0.2) is 85.5 Å². The lowest BCUT2D eigenvalue weighted by Crippen LogP contribution is -2.51. The quantitative estimate of drug-likeness (QED) is 0.719. The SMILES string of the molecule is C/C(=C\c1ccccc1F)C(=O)N1CCN(C(=O)CCN2CCOCC2)CC1. The summed E-state index contributed by atoms with van der Waals surface area (Å²) in [4.78, 5) is 30.9. The summed E-state index contributed by atoms with van der Waals surface area (Å²) in [6.07, 6.45) is 2.08. The molecule has 0 N–H and O–H groups in total. The Morgan fingerprint density at radius 2 is 1.68 bits per heavy atom. The summed E-state index contributed by atoms with van der Waals surface area (Å²) in [5.41, 5.74) is 0.905. The summed E-state index contributed by atoms with van der Waals surface area (Å²) in [7, 11) is 0. The van der Waals surface area contributed by atoms with Crippen LogP contribution in [0.3, 0.4) is 0 Å². The first-order valence-electron chi connectivity index (χ1n) is 9.84. The molecule has 0 saturated carbocycles. The molecule has 2 amide bonds. The van der Waals surface area contributed by atoms with E-state index in [9.17, 15) is 14.0 Å². The molecule has 2 fully saturated rings. The highest BCUT2D eigenvalue weighted by Gasteiger charge is 2.25. The third-order valence-electron chi connectivity index (χ3n) is 5.28. The molecule has 0 spiro atoms. The topological polar surface area (TPSA) is 53.1 Å². The van der Waals surface area contributed by atoms with E-state index in [-0.39, 0.29) is 17.6 Å². The maximum Gasteiger partial charge on any atom is 0.249 e. The average molecular weight is 389 g/mol. The zero-order chi connectivity index (χ0) is 19.9. The first-order chi connectivity index (χ1) is 13.5. The molecule has 1 aromatic carbocycles. The van der Waals surface area contributed by atoms with E-state index < -0.39 is 0 Å². The summed E-state index contributed by atoms with van der Waals surface area (Å²) in [5, 5.41) is 0. The number of piperazine rings is 1. The summed E-state index contributed by atoms with van der Waals surface area (Å²) >= 11 is 0. The van der Waals surface area contributed by atoms with Gasteiger partial charge in [0.1, 0.15) is 5.82 Å². The van der Waals surface area contributed by atoms with Gasteiger partial charge in [0.25, 0.3) is 0 Å². The molecule has 0 unspecified atom stereocenters. The number of hydrogen-bond acceptors (Lipinski definition) is 4. The van der Waals surface area contributed by atoms with Gasteiger partial charge < -0.3 is 14.5 Å². The maximum atomic E-state index is 13.8. The molecular formula is C21H28FN3O3. The Kier molecular flexibility index (Phi) is 7.17. The van der Waals surface area contributed by atoms with Crippen LogP contribution in [0.1, 0.15) is 18.9 Å². The smallest absolute Gasteiger partial charge is 0.249 e. The van der Waals surface area contributed by atoms with Crippen LogP contribution < -0.4 is 0 Å². The van der Waals surface area contributed by atoms with E-state index in [1.54, 1.807) is 36.1 Å². The molecule has 7 heteroatoms. The van der Waals surface area contributed by atoms with Crippen LogP contribution in [0.4, 0.5) is 4.39 Å². The molecule has 28 heavy (non-hydrogen) atoms. The molecule has 0 aliphatic carbocycles. The molecule has 2 heterocycles. The van der Waals surface area contributed by atoms with Crippen molar-refractivity contribution in [1.29, 1.82) is 0 Å². The van der Waals surface area contributed by atoms with Crippen molar-refractivity contribution >= 4 is 17.9 Å². The summed E-state index contributed by atoms with van der Waals surface area (Å²) in [6, 6.07) is 6.40. The second kappa shape index (κ2) is 9.80. The molecule has 0 radical (unpaired) electrons. The number of nitrogens with zero attached hydrogens (tertiary/aromatic N) is 3. The van der Waals surface area contributed by atoms with Crippen LogP contribution in [-0.2, 0) is 14.3 Å². The molecule has 0 aromatic heterocycles. The molecule has 2 saturated heterocycles. The zero-order valence-corrected chi connectivity index (χ0v) is 16.4. The Morgan fingerprint density at radius 1 is 1.04 bits per heavy atom. The Hall–Kier alpha value is -2.25. The number of hydrogen-bond donors (Lipinski definition) is 0. The van der Waals surface area contributed by atoms with Gasteiger partial charge in [0.2, 0.25) is 11.8 Å². The van der Waals surface area contributed by atoms with Gasteiger partial charge in [-0.1, -0.05) is 18.2 Å². The molecule has 0 bridgehead atoms. The molecule has 3 rings (SSSR count). The summed E-state index contributed by atoms with van der Waals surface area (Å²) < 4.78 is 19.1. The minimum absolute atomic E-state index is 0.108. The maximum absolute atomic E-state index is 13.8. The lowest BCUT2D eigenvalue weighted by molar-refractivity contribution is -0.138. The Morgan fingerprint density at radius 3 is 2.36 bits per heavy atom. The van der Waals surface area contributed by atoms with Crippen molar-refractivity contribution in [3.63, 3.8) is 0 Å².